The third-order valence-corrected chi connectivity index (χ3v) is 8.55. The fourth-order valence-electron chi connectivity index (χ4n) is 3.30. The number of hydrogen-bond acceptors (Lipinski definition) is 5. The average molecular weight is 528 g/mol. The number of phenols is 2. The highest BCUT2D eigenvalue weighted by molar-refractivity contribution is 14.2. The molecule has 1 aliphatic rings. The number of anilines is 1. The van der Waals surface area contributed by atoms with Crippen LogP contribution in [0.25, 0.3) is 0 Å². The summed E-state index contributed by atoms with van der Waals surface area (Å²) in [6, 6.07) is 9.61. The van der Waals surface area contributed by atoms with Crippen LogP contribution in [0, 0.1) is 0 Å². The third kappa shape index (κ3) is 4.31. The molecular formula is C21H25IN2O2S2. The van der Waals surface area contributed by atoms with E-state index in [-0.39, 0.29) is 23.3 Å². The Morgan fingerprint density at radius 3 is 2.54 bits per heavy atom. The van der Waals surface area contributed by atoms with Crippen molar-refractivity contribution in [1.29, 1.82) is 0 Å². The maximum atomic E-state index is 10.5. The summed E-state index contributed by atoms with van der Waals surface area (Å²) >= 11 is 9.68. The minimum atomic E-state index is -0.517. The van der Waals surface area contributed by atoms with E-state index in [9.17, 15) is 10.2 Å². The van der Waals surface area contributed by atoms with Crippen LogP contribution in [-0.4, -0.2) is 32.8 Å². The van der Waals surface area contributed by atoms with E-state index in [4.69, 9.17) is 12.2 Å². The lowest BCUT2D eigenvalue weighted by Crippen LogP contribution is -2.28. The Hall–Kier alpha value is -1.32. The summed E-state index contributed by atoms with van der Waals surface area (Å²) in [4.78, 5) is 3.83. The van der Waals surface area contributed by atoms with Crippen molar-refractivity contribution in [1.82, 2.24) is 3.53 Å². The molecule has 0 aromatic heterocycles. The van der Waals surface area contributed by atoms with Crippen LogP contribution >= 0.6 is 45.9 Å². The van der Waals surface area contributed by atoms with E-state index in [0.29, 0.717) is 0 Å². The average Bonchev–Trinajstić information content (AvgIpc) is 2.62. The quantitative estimate of drug-likeness (QED) is 0.193. The molecule has 1 atom stereocenters. The molecule has 7 heteroatoms. The van der Waals surface area contributed by atoms with Crippen molar-refractivity contribution in [2.45, 2.75) is 37.0 Å². The van der Waals surface area contributed by atoms with Crippen molar-refractivity contribution >= 4 is 60.0 Å². The highest BCUT2D eigenvalue weighted by atomic mass is 127. The fourth-order valence-corrected chi connectivity index (χ4v) is 6.47. The smallest absolute Gasteiger partial charge is 0.127 e. The molecule has 0 saturated carbocycles. The second-order valence-corrected chi connectivity index (χ2v) is 10.7. The van der Waals surface area contributed by atoms with Gasteiger partial charge in [0, 0.05) is 66.7 Å². The van der Waals surface area contributed by atoms with Gasteiger partial charge < -0.3 is 18.6 Å². The van der Waals surface area contributed by atoms with Crippen molar-refractivity contribution in [2.75, 3.05) is 19.0 Å². The van der Waals surface area contributed by atoms with Gasteiger partial charge in [0.2, 0.25) is 0 Å². The predicted molar refractivity (Wildman–Crippen MR) is 133 cm³/mol. The maximum Gasteiger partial charge on any atom is 0.127 e. The molecule has 1 heterocycles. The van der Waals surface area contributed by atoms with Crippen LogP contribution in [0.4, 0.5) is 5.69 Å². The lowest BCUT2D eigenvalue weighted by atomic mass is 9.90. The molecular weight excluding hydrogens is 503 g/mol. The topological polar surface area (TPSA) is 55.7 Å². The molecule has 0 spiro atoms. The number of thiocarbonyl (C=S) groups is 1. The summed E-state index contributed by atoms with van der Waals surface area (Å²) in [5.74, 6) is 0.509. The van der Waals surface area contributed by atoms with Gasteiger partial charge >= 0.3 is 0 Å². The summed E-state index contributed by atoms with van der Waals surface area (Å²) in [5.41, 5.74) is 3.87. The van der Waals surface area contributed by atoms with Crippen LogP contribution in [-0.2, 0) is 0 Å². The molecule has 28 heavy (non-hydrogen) atoms. The van der Waals surface area contributed by atoms with Crippen molar-refractivity contribution in [3.63, 3.8) is 0 Å². The number of rotatable bonds is 4. The Bertz CT molecular complexity index is 958. The number of benzene rings is 2. The molecule has 4 nitrogen and oxygen atoms in total. The van der Waals surface area contributed by atoms with Crippen LogP contribution in [0.15, 0.2) is 35.2 Å². The Balaban J connectivity index is 1.99. The highest BCUT2D eigenvalue weighted by Gasteiger charge is 2.26. The molecule has 150 valence electrons. The lowest BCUT2D eigenvalue weighted by Gasteiger charge is -2.27. The molecule has 3 N–H and O–H groups in total. The standard InChI is InChI=1S/C21H25IN2O2S2/c1-11(2)13-8-15(19(26)10-18(13)25)16-9-14(21(28)23-22-16)12-5-6-20(27)17(7-12)24(3)4/h5-8,10-11,14,25-27H,9H2,1-4H3,(H,23,28). The maximum absolute atomic E-state index is 10.5. The second-order valence-electron chi connectivity index (χ2n) is 7.44. The predicted octanol–water partition coefficient (Wildman–Crippen LogP) is 5.09. The van der Waals surface area contributed by atoms with Gasteiger partial charge in [-0.2, -0.15) is 0 Å². The Kier molecular flexibility index (Phi) is 6.56. The van der Waals surface area contributed by atoms with Gasteiger partial charge in [-0.1, -0.05) is 32.1 Å². The molecule has 0 aliphatic carbocycles. The summed E-state index contributed by atoms with van der Waals surface area (Å²) in [7, 11) is 4.00. The number of thiol groups is 1. The molecule has 3 rings (SSSR count). The van der Waals surface area contributed by atoms with Gasteiger partial charge in [-0.05, 0) is 41.7 Å². The van der Waals surface area contributed by atoms with E-state index >= 15 is 0 Å². The van der Waals surface area contributed by atoms with Gasteiger partial charge in [-0.15, -0.1) is 12.6 Å². The summed E-state index contributed by atoms with van der Waals surface area (Å²) in [6.07, 6.45) is 0.772. The zero-order valence-electron chi connectivity index (χ0n) is 16.3. The molecule has 0 radical (unpaired) electrons. The monoisotopic (exact) mass is 528 g/mol. The number of nitrogens with zero attached hydrogens (tertiary/aromatic N) is 1. The van der Waals surface area contributed by atoms with E-state index in [1.165, 1.54) is 9.58 Å². The van der Waals surface area contributed by atoms with Crippen LogP contribution in [0.2, 0.25) is 0 Å². The molecule has 0 amide bonds. The largest absolute Gasteiger partial charge is 0.508 e. The number of hydrogen-bond donors (Lipinski definition) is 4. The van der Waals surface area contributed by atoms with Crippen molar-refractivity contribution in [3.05, 3.63) is 47.0 Å². The van der Waals surface area contributed by atoms with E-state index < -0.39 is 21.0 Å². The van der Waals surface area contributed by atoms with E-state index in [2.05, 4.69) is 28.3 Å². The number of aromatic hydroxyl groups is 2. The lowest BCUT2D eigenvalue weighted by molar-refractivity contribution is 0.443. The van der Waals surface area contributed by atoms with Gasteiger partial charge in [0.25, 0.3) is 0 Å². The van der Waals surface area contributed by atoms with Crippen molar-refractivity contribution < 1.29 is 10.2 Å². The Morgan fingerprint density at radius 2 is 1.89 bits per heavy atom. The zero-order valence-corrected chi connectivity index (χ0v) is 20.2. The molecule has 0 saturated heterocycles. The van der Waals surface area contributed by atoms with Gasteiger partial charge in [0.15, 0.2) is 0 Å². The van der Waals surface area contributed by atoms with Gasteiger partial charge in [0.1, 0.15) is 11.5 Å². The fraction of sp³-hybridized carbons (Fsp3) is 0.333. The third-order valence-electron chi connectivity index (χ3n) is 4.90. The summed E-state index contributed by atoms with van der Waals surface area (Å²) in [5, 5.41) is 20.6. The Labute approximate surface area is 187 Å². The first-order valence-electron chi connectivity index (χ1n) is 9.05. The van der Waals surface area contributed by atoms with Crippen LogP contribution in [0.3, 0.4) is 0 Å². The summed E-state index contributed by atoms with van der Waals surface area (Å²) in [6.45, 7) is 4.07. The minimum absolute atomic E-state index is 0.0572. The van der Waals surface area contributed by atoms with E-state index in [0.717, 1.165) is 38.7 Å². The number of nitrogens with one attached hydrogen (secondary N) is 1. The number of phenolic OH excluding ortho intramolecular Hbond substituents is 2. The SMILES string of the molecule is CC(C)c1cc(C2=INC(=S)C(c3ccc(S)c(N(C)C)c3)C2)c(O)cc1O. The van der Waals surface area contributed by atoms with Crippen LogP contribution in [0.5, 0.6) is 11.5 Å². The normalized spacial score (nSPS) is 17.0. The molecule has 0 bridgehead atoms. The first-order valence-corrected chi connectivity index (χ1v) is 12.1. The molecule has 1 aliphatic heterocycles. The molecule has 2 aromatic rings. The van der Waals surface area contributed by atoms with Gasteiger partial charge in [-0.3, -0.25) is 0 Å². The van der Waals surface area contributed by atoms with Gasteiger partial charge in [-0.25, -0.2) is 0 Å². The Morgan fingerprint density at radius 1 is 1.18 bits per heavy atom. The van der Waals surface area contributed by atoms with E-state index in [1.807, 2.05) is 45.0 Å². The number of halogens is 1. The van der Waals surface area contributed by atoms with Crippen LogP contribution in [0.1, 0.15) is 48.8 Å². The van der Waals surface area contributed by atoms with Crippen LogP contribution < -0.4 is 8.43 Å². The second kappa shape index (κ2) is 8.59. The minimum Gasteiger partial charge on any atom is -0.508 e. The first kappa shape index (κ1) is 21.4. The molecule has 2 aromatic carbocycles. The molecule has 0 fully saturated rings. The highest BCUT2D eigenvalue weighted by Crippen LogP contribution is 2.38. The van der Waals surface area contributed by atoms with E-state index in [1.54, 1.807) is 0 Å². The molecule has 1 unspecified atom stereocenters. The van der Waals surface area contributed by atoms with Crippen molar-refractivity contribution in [3.8, 4) is 11.5 Å². The zero-order chi connectivity index (χ0) is 20.6. The first-order chi connectivity index (χ1) is 13.2. The van der Waals surface area contributed by atoms with Crippen molar-refractivity contribution in [2.24, 2.45) is 0 Å². The van der Waals surface area contributed by atoms with Gasteiger partial charge in [0.05, 0.1) is 4.99 Å². The summed E-state index contributed by atoms with van der Waals surface area (Å²) < 4.78 is 4.62.